The minimum Gasteiger partial charge on any atom is -0.493 e. The van der Waals surface area contributed by atoms with E-state index < -0.39 is 0 Å². The Labute approximate surface area is 118 Å². The monoisotopic (exact) mass is 276 g/mol. The van der Waals surface area contributed by atoms with E-state index in [0.29, 0.717) is 12.5 Å². The lowest BCUT2D eigenvalue weighted by molar-refractivity contribution is 0.255. The van der Waals surface area contributed by atoms with Crippen LogP contribution in [0.4, 0.5) is 0 Å². The molecule has 3 rings (SSSR count). The largest absolute Gasteiger partial charge is 0.493 e. The molecule has 19 heavy (non-hydrogen) atoms. The molecule has 1 aromatic rings. The van der Waals surface area contributed by atoms with E-state index >= 15 is 0 Å². The maximum Gasteiger partial charge on any atom is 0.127 e. The average Bonchev–Trinajstić information content (AvgIpc) is 3.13. The molecule has 0 atom stereocenters. The molecule has 1 aromatic carbocycles. The zero-order valence-electron chi connectivity index (χ0n) is 10.9. The summed E-state index contributed by atoms with van der Waals surface area (Å²) in [6, 6.07) is 6.89. The lowest BCUT2D eigenvalue weighted by Gasteiger charge is -2.22. The molecule has 1 aliphatic carbocycles. The van der Waals surface area contributed by atoms with Crippen molar-refractivity contribution in [2.75, 3.05) is 13.2 Å². The van der Waals surface area contributed by atoms with Crippen LogP contribution in [0.1, 0.15) is 30.4 Å². The van der Waals surface area contributed by atoms with E-state index in [1.165, 1.54) is 24.0 Å². The highest BCUT2D eigenvalue weighted by atomic mass is 35.5. The van der Waals surface area contributed by atoms with E-state index in [-0.39, 0.29) is 0 Å². The Kier molecular flexibility index (Phi) is 3.63. The number of nitriles is 1. The van der Waals surface area contributed by atoms with Crippen molar-refractivity contribution >= 4 is 11.6 Å². The van der Waals surface area contributed by atoms with Gasteiger partial charge in [-0.1, -0.05) is 11.6 Å². The minimum absolute atomic E-state index is 0.583. The number of nitrogens with zero attached hydrogens (tertiary/aromatic N) is 2. The zero-order chi connectivity index (χ0) is 13.2. The number of halogens is 1. The third kappa shape index (κ3) is 2.86. The first-order valence-corrected chi connectivity index (χ1v) is 7.21. The molecule has 1 saturated carbocycles. The Hall–Kier alpha value is -1.24. The summed E-state index contributed by atoms with van der Waals surface area (Å²) in [6.45, 7) is 2.43. The molecule has 0 aromatic heterocycles. The molecule has 4 heteroatoms. The van der Waals surface area contributed by atoms with Gasteiger partial charge in [-0.15, -0.1) is 0 Å². The zero-order valence-corrected chi connectivity index (χ0v) is 11.6. The summed E-state index contributed by atoms with van der Waals surface area (Å²) in [7, 11) is 0. The van der Waals surface area contributed by atoms with E-state index in [9.17, 15) is 0 Å². The van der Waals surface area contributed by atoms with Crippen molar-refractivity contribution in [3.05, 3.63) is 28.3 Å². The number of hydrogen-bond acceptors (Lipinski definition) is 3. The van der Waals surface area contributed by atoms with Gasteiger partial charge in [-0.05, 0) is 30.5 Å². The van der Waals surface area contributed by atoms with Crippen LogP contribution in [-0.4, -0.2) is 24.1 Å². The summed E-state index contributed by atoms with van der Waals surface area (Å²) in [6.07, 6.45) is 4.02. The Morgan fingerprint density at radius 3 is 3.00 bits per heavy atom. The van der Waals surface area contributed by atoms with Crippen LogP contribution in [0.15, 0.2) is 12.1 Å². The molecule has 0 radical (unpaired) electrons. The normalized spacial score (nSPS) is 17.1. The highest BCUT2D eigenvalue weighted by molar-refractivity contribution is 6.30. The average molecular weight is 277 g/mol. The maximum atomic E-state index is 8.76. The Morgan fingerprint density at radius 1 is 1.42 bits per heavy atom. The molecule has 1 fully saturated rings. The highest BCUT2D eigenvalue weighted by Gasteiger charge is 2.30. The number of benzene rings is 1. The molecule has 0 spiro atoms. The lowest BCUT2D eigenvalue weighted by Crippen LogP contribution is -2.26. The molecule has 0 unspecified atom stereocenters. The number of fused-ring (bicyclic) bond motifs is 1. The molecule has 0 bridgehead atoms. The second kappa shape index (κ2) is 5.40. The number of ether oxygens (including phenoxy) is 1. The topological polar surface area (TPSA) is 36.3 Å². The van der Waals surface area contributed by atoms with Crippen molar-refractivity contribution in [1.82, 2.24) is 4.90 Å². The van der Waals surface area contributed by atoms with Crippen LogP contribution in [-0.2, 0) is 13.0 Å². The van der Waals surface area contributed by atoms with Gasteiger partial charge in [0, 0.05) is 42.6 Å². The van der Waals surface area contributed by atoms with Gasteiger partial charge in [-0.3, -0.25) is 4.90 Å². The molecular formula is C15H17ClN2O. The molecule has 3 nitrogen and oxygen atoms in total. The van der Waals surface area contributed by atoms with Crippen LogP contribution in [0.3, 0.4) is 0 Å². The predicted molar refractivity (Wildman–Crippen MR) is 74.3 cm³/mol. The van der Waals surface area contributed by atoms with Gasteiger partial charge >= 0.3 is 0 Å². The molecule has 100 valence electrons. The Bertz CT molecular complexity index is 520. The summed E-state index contributed by atoms with van der Waals surface area (Å²) < 4.78 is 5.74. The summed E-state index contributed by atoms with van der Waals surface area (Å²) in [5, 5.41) is 9.55. The summed E-state index contributed by atoms with van der Waals surface area (Å²) in [4.78, 5) is 2.39. The Balaban J connectivity index is 1.80. The summed E-state index contributed by atoms with van der Waals surface area (Å²) in [5.41, 5.74) is 2.39. The molecular weight excluding hydrogens is 260 g/mol. The van der Waals surface area contributed by atoms with Crippen molar-refractivity contribution in [2.45, 2.75) is 38.3 Å². The minimum atomic E-state index is 0.583. The van der Waals surface area contributed by atoms with E-state index in [1.807, 2.05) is 12.1 Å². The smallest absolute Gasteiger partial charge is 0.127 e. The van der Waals surface area contributed by atoms with Gasteiger partial charge in [0.2, 0.25) is 0 Å². The Morgan fingerprint density at radius 2 is 2.26 bits per heavy atom. The van der Waals surface area contributed by atoms with E-state index in [1.54, 1.807) is 0 Å². The fourth-order valence-electron chi connectivity index (χ4n) is 2.71. The molecule has 0 amide bonds. The first-order chi connectivity index (χ1) is 9.28. The van der Waals surface area contributed by atoms with Crippen LogP contribution in [0.25, 0.3) is 0 Å². The molecule has 0 saturated heterocycles. The summed E-state index contributed by atoms with van der Waals surface area (Å²) >= 11 is 6.19. The third-order valence-electron chi connectivity index (χ3n) is 3.77. The number of hydrogen-bond donors (Lipinski definition) is 0. The van der Waals surface area contributed by atoms with E-state index in [2.05, 4.69) is 11.0 Å². The maximum absolute atomic E-state index is 8.76. The first kappa shape index (κ1) is 12.8. The third-order valence-corrected chi connectivity index (χ3v) is 3.99. The predicted octanol–water partition coefficient (Wildman–Crippen LogP) is 3.15. The SMILES string of the molecule is N#CCCN(Cc1cc(Cl)cc2c1OCC2)C1CC1. The molecule has 2 aliphatic rings. The van der Waals surface area contributed by atoms with Crippen molar-refractivity contribution in [3.8, 4) is 11.8 Å². The molecule has 1 heterocycles. The van der Waals surface area contributed by atoms with Crippen LogP contribution in [0.2, 0.25) is 5.02 Å². The van der Waals surface area contributed by atoms with E-state index in [4.69, 9.17) is 21.6 Å². The van der Waals surface area contributed by atoms with Gasteiger partial charge < -0.3 is 4.74 Å². The van der Waals surface area contributed by atoms with Crippen LogP contribution in [0.5, 0.6) is 5.75 Å². The second-order valence-corrected chi connectivity index (χ2v) is 5.70. The second-order valence-electron chi connectivity index (χ2n) is 5.26. The van der Waals surface area contributed by atoms with Gasteiger partial charge in [0.15, 0.2) is 0 Å². The molecule has 0 N–H and O–H groups in total. The highest BCUT2D eigenvalue weighted by Crippen LogP contribution is 2.36. The van der Waals surface area contributed by atoms with Gasteiger partial charge in [-0.25, -0.2) is 0 Å². The van der Waals surface area contributed by atoms with Crippen LogP contribution < -0.4 is 4.74 Å². The van der Waals surface area contributed by atoms with Crippen LogP contribution >= 0.6 is 11.6 Å². The number of rotatable bonds is 5. The first-order valence-electron chi connectivity index (χ1n) is 6.83. The van der Waals surface area contributed by atoms with Gasteiger partial charge in [0.05, 0.1) is 12.7 Å². The van der Waals surface area contributed by atoms with Crippen molar-refractivity contribution < 1.29 is 4.74 Å². The van der Waals surface area contributed by atoms with Gasteiger partial charge in [-0.2, -0.15) is 5.26 Å². The fourth-order valence-corrected chi connectivity index (χ4v) is 2.97. The van der Waals surface area contributed by atoms with Crippen molar-refractivity contribution in [1.29, 1.82) is 5.26 Å². The van der Waals surface area contributed by atoms with Crippen molar-refractivity contribution in [2.24, 2.45) is 0 Å². The van der Waals surface area contributed by atoms with E-state index in [0.717, 1.165) is 36.9 Å². The standard InChI is InChI=1S/C15H17ClN2O/c16-13-8-11-4-7-19-15(11)12(9-13)10-18(6-1-5-17)14-2-3-14/h8-9,14H,1-4,6-7,10H2. The van der Waals surface area contributed by atoms with Gasteiger partial charge in [0.25, 0.3) is 0 Å². The molecule has 1 aliphatic heterocycles. The quantitative estimate of drug-likeness (QED) is 0.829. The van der Waals surface area contributed by atoms with Crippen molar-refractivity contribution in [3.63, 3.8) is 0 Å². The van der Waals surface area contributed by atoms with Gasteiger partial charge in [0.1, 0.15) is 5.75 Å². The van der Waals surface area contributed by atoms with Crippen LogP contribution in [0, 0.1) is 11.3 Å². The summed E-state index contributed by atoms with van der Waals surface area (Å²) in [5.74, 6) is 1.02. The fraction of sp³-hybridized carbons (Fsp3) is 0.533. The lowest BCUT2D eigenvalue weighted by atomic mass is 10.1.